The Balaban J connectivity index is 3.07. The maximum Gasteiger partial charge on any atom is 0.0658 e. The molecule has 1 rings (SSSR count). The maximum absolute atomic E-state index is 9.56. The fourth-order valence-electron chi connectivity index (χ4n) is 1.82. The lowest BCUT2D eigenvalue weighted by molar-refractivity contribution is 0.216. The van der Waals surface area contributed by atoms with Crippen LogP contribution in [0.1, 0.15) is 40.2 Å². The molecule has 0 aliphatic carbocycles. The molecule has 1 aromatic carbocycles. The van der Waals surface area contributed by atoms with E-state index in [-0.39, 0.29) is 17.7 Å². The van der Waals surface area contributed by atoms with Crippen molar-refractivity contribution in [2.24, 2.45) is 0 Å². The van der Waals surface area contributed by atoms with Gasteiger partial charge in [0.05, 0.1) is 12.1 Å². The van der Waals surface area contributed by atoms with Gasteiger partial charge in [-0.05, 0) is 58.4 Å². The highest BCUT2D eigenvalue weighted by molar-refractivity contribution is 9.10. The van der Waals surface area contributed by atoms with Crippen molar-refractivity contribution in [3.8, 4) is 0 Å². The minimum Gasteiger partial charge on any atom is -0.394 e. The van der Waals surface area contributed by atoms with Crippen LogP contribution in [0, 0.1) is 0 Å². The Morgan fingerprint density at radius 1 is 1.20 bits per heavy atom. The summed E-state index contributed by atoms with van der Waals surface area (Å²) in [4.78, 5) is 2.14. The molecule has 0 aromatic heterocycles. The first-order valence-corrected chi connectivity index (χ1v) is 7.74. The molecule has 0 unspecified atom stereocenters. The third-order valence-corrected chi connectivity index (χ3v) is 4.00. The Hall–Kier alpha value is -0.580. The van der Waals surface area contributed by atoms with E-state index < -0.39 is 0 Å². The molecule has 2 N–H and O–H groups in total. The summed E-state index contributed by atoms with van der Waals surface area (Å²) in [6.45, 7) is 11.5. The standard InChI is InChI=1S/C16H27BrN2O/c1-15(2,3)18-10-12-9-13(17)7-8-14(12)19(6)16(4,5)11-20/h7-9,18,20H,10-11H2,1-6H3. The number of halogens is 1. The van der Waals surface area contributed by atoms with Crippen LogP contribution in [0.2, 0.25) is 0 Å². The van der Waals surface area contributed by atoms with Crippen molar-refractivity contribution in [1.29, 1.82) is 0 Å². The monoisotopic (exact) mass is 342 g/mol. The van der Waals surface area contributed by atoms with Crippen molar-refractivity contribution in [3.05, 3.63) is 28.2 Å². The minimum absolute atomic E-state index is 0.0741. The fraction of sp³-hybridized carbons (Fsp3) is 0.625. The number of anilines is 1. The summed E-state index contributed by atoms with van der Waals surface area (Å²) in [5, 5.41) is 13.1. The predicted octanol–water partition coefficient (Wildman–Crippen LogP) is 3.54. The Bertz CT molecular complexity index is 452. The number of hydrogen-bond acceptors (Lipinski definition) is 3. The molecule has 0 spiro atoms. The SMILES string of the molecule is CN(c1ccc(Br)cc1CNC(C)(C)C)C(C)(C)CO. The van der Waals surface area contributed by atoms with Gasteiger partial charge in [0.1, 0.15) is 0 Å². The number of rotatable bonds is 5. The second-order valence-electron chi connectivity index (χ2n) is 6.91. The fourth-order valence-corrected chi connectivity index (χ4v) is 2.22. The van der Waals surface area contributed by atoms with Crippen LogP contribution < -0.4 is 10.2 Å². The van der Waals surface area contributed by atoms with Crippen LogP contribution in [0.4, 0.5) is 5.69 Å². The molecule has 0 radical (unpaired) electrons. The molecule has 0 heterocycles. The number of nitrogens with zero attached hydrogens (tertiary/aromatic N) is 1. The minimum atomic E-state index is -0.287. The normalized spacial score (nSPS) is 12.6. The van der Waals surface area contributed by atoms with Crippen molar-refractivity contribution in [2.75, 3.05) is 18.6 Å². The first kappa shape index (κ1) is 17.5. The molecule has 0 aliphatic rings. The highest BCUT2D eigenvalue weighted by atomic mass is 79.9. The Morgan fingerprint density at radius 2 is 1.80 bits per heavy atom. The Labute approximate surface area is 131 Å². The van der Waals surface area contributed by atoms with E-state index in [0.29, 0.717) is 0 Å². The zero-order valence-electron chi connectivity index (χ0n) is 13.4. The molecule has 114 valence electrons. The lowest BCUT2D eigenvalue weighted by atomic mass is 10.0. The van der Waals surface area contributed by atoms with Gasteiger partial charge >= 0.3 is 0 Å². The molecule has 4 heteroatoms. The molecule has 0 atom stereocenters. The van der Waals surface area contributed by atoms with Crippen LogP contribution in [0.5, 0.6) is 0 Å². The van der Waals surface area contributed by atoms with Gasteiger partial charge in [0.2, 0.25) is 0 Å². The summed E-state index contributed by atoms with van der Waals surface area (Å²) >= 11 is 3.54. The molecule has 0 saturated carbocycles. The van der Waals surface area contributed by atoms with Crippen LogP contribution in [0.15, 0.2) is 22.7 Å². The van der Waals surface area contributed by atoms with E-state index in [4.69, 9.17) is 0 Å². The van der Waals surface area contributed by atoms with Crippen molar-refractivity contribution < 1.29 is 5.11 Å². The smallest absolute Gasteiger partial charge is 0.0658 e. The summed E-state index contributed by atoms with van der Waals surface area (Å²) < 4.78 is 1.07. The molecule has 3 nitrogen and oxygen atoms in total. The number of aliphatic hydroxyl groups excluding tert-OH is 1. The second kappa shape index (κ2) is 6.46. The van der Waals surface area contributed by atoms with Crippen LogP contribution in [0.3, 0.4) is 0 Å². The van der Waals surface area contributed by atoms with Crippen molar-refractivity contribution in [3.63, 3.8) is 0 Å². The van der Waals surface area contributed by atoms with Crippen molar-refractivity contribution in [2.45, 2.75) is 52.2 Å². The van der Waals surface area contributed by atoms with E-state index in [1.54, 1.807) is 0 Å². The second-order valence-corrected chi connectivity index (χ2v) is 7.82. The van der Waals surface area contributed by atoms with Gasteiger partial charge in [-0.3, -0.25) is 0 Å². The first-order chi connectivity index (χ1) is 9.07. The summed E-state index contributed by atoms with van der Waals surface area (Å²) in [5.41, 5.74) is 2.15. The lowest BCUT2D eigenvalue weighted by Gasteiger charge is -2.37. The van der Waals surface area contributed by atoms with E-state index in [1.807, 2.05) is 27.0 Å². The highest BCUT2D eigenvalue weighted by Crippen LogP contribution is 2.29. The molecule has 0 amide bonds. The van der Waals surface area contributed by atoms with Crippen LogP contribution in [-0.4, -0.2) is 29.8 Å². The van der Waals surface area contributed by atoms with E-state index in [0.717, 1.165) is 16.7 Å². The Morgan fingerprint density at radius 3 is 2.30 bits per heavy atom. The molecule has 20 heavy (non-hydrogen) atoms. The van der Waals surface area contributed by atoms with Gasteiger partial charge < -0.3 is 15.3 Å². The third-order valence-electron chi connectivity index (χ3n) is 3.51. The lowest BCUT2D eigenvalue weighted by Crippen LogP contribution is -2.45. The van der Waals surface area contributed by atoms with Gasteiger partial charge in [-0.2, -0.15) is 0 Å². The average Bonchev–Trinajstić information content (AvgIpc) is 2.35. The topological polar surface area (TPSA) is 35.5 Å². The van der Waals surface area contributed by atoms with Crippen molar-refractivity contribution in [1.82, 2.24) is 5.32 Å². The number of nitrogens with one attached hydrogen (secondary N) is 1. The molecule has 0 saturated heterocycles. The maximum atomic E-state index is 9.56. The average molecular weight is 343 g/mol. The number of aliphatic hydroxyl groups is 1. The van der Waals surface area contributed by atoms with Gasteiger partial charge in [-0.1, -0.05) is 15.9 Å². The predicted molar refractivity (Wildman–Crippen MR) is 90.3 cm³/mol. The largest absolute Gasteiger partial charge is 0.394 e. The summed E-state index contributed by atoms with van der Waals surface area (Å²) in [5.74, 6) is 0. The highest BCUT2D eigenvalue weighted by Gasteiger charge is 2.24. The van der Waals surface area contributed by atoms with Crippen LogP contribution in [0.25, 0.3) is 0 Å². The van der Waals surface area contributed by atoms with Crippen molar-refractivity contribution >= 4 is 21.6 Å². The van der Waals surface area contributed by atoms with Gasteiger partial charge in [-0.25, -0.2) is 0 Å². The number of benzene rings is 1. The quantitative estimate of drug-likeness (QED) is 0.858. The van der Waals surface area contributed by atoms with E-state index in [1.165, 1.54) is 5.56 Å². The number of likely N-dealkylation sites (N-methyl/N-ethyl adjacent to an activating group) is 1. The summed E-state index contributed by atoms with van der Waals surface area (Å²) in [6, 6.07) is 6.28. The zero-order chi connectivity index (χ0) is 15.6. The van der Waals surface area contributed by atoms with Gasteiger partial charge in [0.15, 0.2) is 0 Å². The zero-order valence-corrected chi connectivity index (χ0v) is 15.0. The number of hydrogen-bond donors (Lipinski definition) is 2. The van der Waals surface area contributed by atoms with Gasteiger partial charge in [0, 0.05) is 29.3 Å². The van der Waals surface area contributed by atoms with E-state index >= 15 is 0 Å². The van der Waals surface area contributed by atoms with E-state index in [9.17, 15) is 5.11 Å². The third kappa shape index (κ3) is 4.76. The van der Waals surface area contributed by atoms with Gasteiger partial charge in [-0.15, -0.1) is 0 Å². The molecule has 1 aromatic rings. The first-order valence-electron chi connectivity index (χ1n) is 6.95. The summed E-state index contributed by atoms with van der Waals surface area (Å²) in [6.07, 6.45) is 0. The van der Waals surface area contributed by atoms with Crippen LogP contribution in [-0.2, 0) is 6.54 Å². The molecule has 0 aliphatic heterocycles. The van der Waals surface area contributed by atoms with Gasteiger partial charge in [0.25, 0.3) is 0 Å². The van der Waals surface area contributed by atoms with E-state index in [2.05, 4.69) is 59.1 Å². The Kier molecular flexibility index (Phi) is 5.64. The molecule has 0 fully saturated rings. The van der Waals surface area contributed by atoms with Crippen LogP contribution >= 0.6 is 15.9 Å². The summed E-state index contributed by atoms with van der Waals surface area (Å²) in [7, 11) is 2.03. The molecular formula is C16H27BrN2O. The molecule has 0 bridgehead atoms. The molecular weight excluding hydrogens is 316 g/mol.